The first-order valence-corrected chi connectivity index (χ1v) is 24.1. The Morgan fingerprint density at radius 2 is 0.839 bits per heavy atom. The van der Waals surface area contributed by atoms with E-state index in [1.54, 1.807) is 0 Å². The van der Waals surface area contributed by atoms with Crippen molar-refractivity contribution in [3.8, 4) is 0 Å². The van der Waals surface area contributed by atoms with Crippen LogP contribution in [0.3, 0.4) is 0 Å². The summed E-state index contributed by atoms with van der Waals surface area (Å²) in [5, 5.41) is 9.69. The summed E-state index contributed by atoms with van der Waals surface area (Å²) in [5.41, 5.74) is 0. The summed E-state index contributed by atoms with van der Waals surface area (Å²) in [6.07, 6.45) is 32.1. The zero-order chi connectivity index (χ0) is 41.4. The van der Waals surface area contributed by atoms with E-state index < -0.39 is 57.8 Å². The second kappa shape index (κ2) is 40.0. The molecule has 11 nitrogen and oxygen atoms in total. The Bertz CT molecular complexity index is 1010. The molecule has 0 aromatic carbocycles. The molecule has 3 atom stereocenters. The highest BCUT2D eigenvalue weighted by Crippen LogP contribution is 2.43. The maximum absolute atomic E-state index is 12.7. The van der Waals surface area contributed by atoms with Gasteiger partial charge in [-0.25, -0.2) is 4.57 Å². The minimum Gasteiger partial charge on any atom is -0.462 e. The number of hydrogen-bond acceptors (Lipinski definition) is 10. The van der Waals surface area contributed by atoms with Crippen LogP contribution in [0.5, 0.6) is 0 Å². The SMILES string of the molecule is CCCC/C=C\CCCCCCCC(=O)OC(COC(=O)CCCCCCCCCCC)COP(=O)(O)OCC(CO)OC(=O)CCCCCCCCCCC. The van der Waals surface area contributed by atoms with Crippen molar-refractivity contribution >= 4 is 25.7 Å². The number of ether oxygens (including phenoxy) is 3. The van der Waals surface area contributed by atoms with E-state index in [1.807, 2.05) is 0 Å². The number of hydrogen-bond donors (Lipinski definition) is 2. The van der Waals surface area contributed by atoms with Gasteiger partial charge in [-0.2, -0.15) is 0 Å². The molecule has 0 heterocycles. The van der Waals surface area contributed by atoms with Gasteiger partial charge in [-0.3, -0.25) is 23.4 Å². The second-order valence-corrected chi connectivity index (χ2v) is 16.7. The molecule has 0 saturated heterocycles. The summed E-state index contributed by atoms with van der Waals surface area (Å²) in [5.74, 6) is -1.47. The van der Waals surface area contributed by atoms with Crippen molar-refractivity contribution in [1.82, 2.24) is 0 Å². The normalized spacial score (nSPS) is 13.7. The molecule has 0 aliphatic heterocycles. The molecule has 0 aliphatic carbocycles. The zero-order valence-corrected chi connectivity index (χ0v) is 36.8. The quantitative estimate of drug-likeness (QED) is 0.0199. The van der Waals surface area contributed by atoms with Crippen molar-refractivity contribution in [3.63, 3.8) is 0 Å². The minimum atomic E-state index is -4.72. The summed E-state index contributed by atoms with van der Waals surface area (Å²) in [6, 6.07) is 0. The maximum Gasteiger partial charge on any atom is 0.472 e. The van der Waals surface area contributed by atoms with Gasteiger partial charge in [-0.1, -0.05) is 168 Å². The number of esters is 3. The van der Waals surface area contributed by atoms with Crippen LogP contribution in [0, 0.1) is 0 Å². The van der Waals surface area contributed by atoms with Gasteiger partial charge in [0.1, 0.15) is 12.7 Å². The largest absolute Gasteiger partial charge is 0.472 e. The van der Waals surface area contributed by atoms with Crippen molar-refractivity contribution in [2.75, 3.05) is 26.4 Å². The van der Waals surface area contributed by atoms with E-state index in [2.05, 4.69) is 32.9 Å². The van der Waals surface area contributed by atoms with Gasteiger partial charge < -0.3 is 24.2 Å². The minimum absolute atomic E-state index is 0.162. The fraction of sp³-hybridized carbons (Fsp3) is 0.886. The van der Waals surface area contributed by atoms with Crippen molar-refractivity contribution in [1.29, 1.82) is 0 Å². The lowest BCUT2D eigenvalue weighted by Gasteiger charge is -2.21. The molecule has 0 aliphatic rings. The van der Waals surface area contributed by atoms with Gasteiger partial charge in [-0.05, 0) is 38.5 Å². The van der Waals surface area contributed by atoms with E-state index in [-0.39, 0.29) is 25.9 Å². The van der Waals surface area contributed by atoms with Crippen LogP contribution in [0.2, 0.25) is 0 Å². The summed E-state index contributed by atoms with van der Waals surface area (Å²) in [6.45, 7) is 4.53. The Morgan fingerprint density at radius 3 is 1.29 bits per heavy atom. The lowest BCUT2D eigenvalue weighted by atomic mass is 10.1. The molecule has 0 fully saturated rings. The summed E-state index contributed by atoms with van der Waals surface area (Å²) in [7, 11) is -4.72. The number of allylic oxidation sites excluding steroid dienone is 2. The lowest BCUT2D eigenvalue weighted by molar-refractivity contribution is -0.161. The Kier molecular flexibility index (Phi) is 38.7. The zero-order valence-electron chi connectivity index (χ0n) is 35.9. The van der Waals surface area contributed by atoms with Crippen LogP contribution in [0.15, 0.2) is 12.2 Å². The molecule has 56 heavy (non-hydrogen) atoms. The van der Waals surface area contributed by atoms with Crippen molar-refractivity contribution in [2.45, 2.75) is 226 Å². The molecule has 0 spiro atoms. The van der Waals surface area contributed by atoms with E-state index in [4.69, 9.17) is 23.3 Å². The number of carbonyl (C=O) groups is 3. The molecule has 0 amide bonds. The molecular formula is C44H83O11P. The van der Waals surface area contributed by atoms with E-state index in [0.717, 1.165) is 77.0 Å². The number of aliphatic hydroxyl groups excluding tert-OH is 1. The predicted molar refractivity (Wildman–Crippen MR) is 224 cm³/mol. The van der Waals surface area contributed by atoms with E-state index in [9.17, 15) is 28.9 Å². The van der Waals surface area contributed by atoms with Crippen LogP contribution in [0.25, 0.3) is 0 Å². The molecule has 12 heteroatoms. The van der Waals surface area contributed by atoms with Gasteiger partial charge >= 0.3 is 25.7 Å². The first kappa shape index (κ1) is 54.2. The molecule has 0 rings (SSSR count). The number of unbranched alkanes of at least 4 members (excludes halogenated alkanes) is 23. The molecule has 0 aromatic rings. The van der Waals surface area contributed by atoms with Crippen LogP contribution in [0.4, 0.5) is 0 Å². The fourth-order valence-corrected chi connectivity index (χ4v) is 6.94. The first-order chi connectivity index (χ1) is 27.2. The second-order valence-electron chi connectivity index (χ2n) is 15.2. The number of carbonyl (C=O) groups excluding carboxylic acids is 3. The number of phosphoric ester groups is 1. The summed E-state index contributed by atoms with van der Waals surface area (Å²) in [4.78, 5) is 47.8. The van der Waals surface area contributed by atoms with Crippen LogP contribution < -0.4 is 0 Å². The molecule has 330 valence electrons. The van der Waals surface area contributed by atoms with Gasteiger partial charge in [0.05, 0.1) is 19.8 Å². The van der Waals surface area contributed by atoms with Gasteiger partial charge in [0.15, 0.2) is 6.10 Å². The molecule has 2 N–H and O–H groups in total. The van der Waals surface area contributed by atoms with Crippen molar-refractivity contribution in [2.24, 2.45) is 0 Å². The fourth-order valence-electron chi connectivity index (χ4n) is 6.16. The van der Waals surface area contributed by atoms with Crippen LogP contribution >= 0.6 is 7.82 Å². The van der Waals surface area contributed by atoms with Crippen molar-refractivity contribution < 1.29 is 52.2 Å². The monoisotopic (exact) mass is 819 g/mol. The summed E-state index contributed by atoms with van der Waals surface area (Å²) < 4.78 is 39.0. The van der Waals surface area contributed by atoms with Gasteiger partial charge in [0.25, 0.3) is 0 Å². The van der Waals surface area contributed by atoms with Crippen LogP contribution in [-0.4, -0.2) is 66.5 Å². The third-order valence-electron chi connectivity index (χ3n) is 9.69. The van der Waals surface area contributed by atoms with Crippen molar-refractivity contribution in [3.05, 3.63) is 12.2 Å². The Morgan fingerprint density at radius 1 is 0.482 bits per heavy atom. The van der Waals surface area contributed by atoms with E-state index >= 15 is 0 Å². The highest BCUT2D eigenvalue weighted by Gasteiger charge is 2.28. The topological polar surface area (TPSA) is 155 Å². The Hall–Kier alpha value is -1.78. The van der Waals surface area contributed by atoms with Gasteiger partial charge in [-0.15, -0.1) is 0 Å². The molecule has 0 aromatic heterocycles. The molecule has 0 radical (unpaired) electrons. The lowest BCUT2D eigenvalue weighted by Crippen LogP contribution is -2.30. The van der Waals surface area contributed by atoms with Gasteiger partial charge in [0, 0.05) is 19.3 Å². The number of aliphatic hydroxyl groups is 1. The average Bonchev–Trinajstić information content (AvgIpc) is 3.18. The van der Waals surface area contributed by atoms with Gasteiger partial charge in [0.2, 0.25) is 0 Å². The van der Waals surface area contributed by atoms with Crippen LogP contribution in [-0.2, 0) is 42.2 Å². The maximum atomic E-state index is 12.7. The third-order valence-corrected chi connectivity index (χ3v) is 10.6. The van der Waals surface area contributed by atoms with E-state index in [0.29, 0.717) is 19.3 Å². The average molecular weight is 819 g/mol. The molecule has 0 saturated carbocycles. The highest BCUT2D eigenvalue weighted by atomic mass is 31.2. The highest BCUT2D eigenvalue weighted by molar-refractivity contribution is 7.47. The predicted octanol–water partition coefficient (Wildman–Crippen LogP) is 11.8. The molecule has 0 bridgehead atoms. The third kappa shape index (κ3) is 37.8. The Labute approximate surface area is 341 Å². The molecule has 3 unspecified atom stereocenters. The number of phosphoric acid groups is 1. The van der Waals surface area contributed by atoms with E-state index in [1.165, 1.54) is 77.0 Å². The Balaban J connectivity index is 4.75. The van der Waals surface area contributed by atoms with Crippen LogP contribution in [0.1, 0.15) is 213 Å². The summed E-state index contributed by atoms with van der Waals surface area (Å²) >= 11 is 0. The standard InChI is InChI=1S/C44H83O11P/c1-4-7-10-13-16-19-20-23-26-29-32-35-44(48)55-41(37-51-42(46)33-30-27-24-21-17-14-11-8-5-2)39-53-56(49,50)52-38-40(36-45)54-43(47)34-31-28-25-22-18-15-12-9-6-3/h13,16,40-41,45H,4-12,14-15,17-39H2,1-3H3,(H,49,50)/b16-13-. The number of rotatable bonds is 42. The smallest absolute Gasteiger partial charge is 0.462 e. The first-order valence-electron chi connectivity index (χ1n) is 22.6. The molecular weight excluding hydrogens is 735 g/mol.